The minimum atomic E-state index is 0.190. The molecule has 0 saturated heterocycles. The summed E-state index contributed by atoms with van der Waals surface area (Å²) in [7, 11) is 0. The minimum absolute atomic E-state index is 0.190. The van der Waals surface area contributed by atoms with E-state index in [4.69, 9.17) is 6.42 Å². The van der Waals surface area contributed by atoms with Gasteiger partial charge in [0.05, 0.1) is 15.5 Å². The molecule has 0 spiro atoms. The summed E-state index contributed by atoms with van der Waals surface area (Å²) in [6.45, 7) is 2.01. The van der Waals surface area contributed by atoms with E-state index < -0.39 is 0 Å². The predicted octanol–water partition coefficient (Wildman–Crippen LogP) is 3.41. The summed E-state index contributed by atoms with van der Waals surface area (Å²) in [5.41, 5.74) is 1.06. The Balaban J connectivity index is 2.32. The van der Waals surface area contributed by atoms with Gasteiger partial charge in [0.2, 0.25) is 0 Å². The van der Waals surface area contributed by atoms with Crippen LogP contribution >= 0.6 is 23.1 Å². The van der Waals surface area contributed by atoms with Gasteiger partial charge in [-0.05, 0) is 19.1 Å². The number of nitrogens with zero attached hydrogens (tertiary/aromatic N) is 1. The van der Waals surface area contributed by atoms with Crippen LogP contribution in [0.2, 0.25) is 0 Å². The van der Waals surface area contributed by atoms with Crippen LogP contribution in [0.4, 0.5) is 0 Å². The summed E-state index contributed by atoms with van der Waals surface area (Å²) in [4.78, 5) is 4.49. The zero-order valence-corrected chi connectivity index (χ0v) is 9.36. The first-order valence-electron chi connectivity index (χ1n) is 4.28. The van der Waals surface area contributed by atoms with Gasteiger partial charge in [0.15, 0.2) is 4.34 Å². The molecule has 70 valence electrons. The summed E-state index contributed by atoms with van der Waals surface area (Å²) >= 11 is 3.34. The topological polar surface area (TPSA) is 12.9 Å². The molecular formula is C11H9NS2. The number of rotatable bonds is 2. The van der Waals surface area contributed by atoms with E-state index >= 15 is 0 Å². The smallest absolute Gasteiger partial charge is 0.152 e. The number of para-hydroxylation sites is 1. The van der Waals surface area contributed by atoms with Crippen molar-refractivity contribution in [1.82, 2.24) is 4.98 Å². The normalized spacial score (nSPS) is 12.6. The van der Waals surface area contributed by atoms with Crippen molar-refractivity contribution in [2.75, 3.05) is 0 Å². The monoisotopic (exact) mass is 219 g/mol. The second-order valence-electron chi connectivity index (χ2n) is 2.87. The number of thiazole rings is 1. The maximum Gasteiger partial charge on any atom is 0.152 e. The highest BCUT2D eigenvalue weighted by Gasteiger charge is 2.06. The first kappa shape index (κ1) is 9.57. The van der Waals surface area contributed by atoms with E-state index in [9.17, 15) is 0 Å². The van der Waals surface area contributed by atoms with Crippen LogP contribution in [0, 0.1) is 12.3 Å². The van der Waals surface area contributed by atoms with E-state index in [1.807, 2.05) is 25.1 Å². The molecule has 0 aliphatic carbocycles. The van der Waals surface area contributed by atoms with Crippen molar-refractivity contribution in [2.45, 2.75) is 16.5 Å². The maximum absolute atomic E-state index is 5.32. The summed E-state index contributed by atoms with van der Waals surface area (Å²) in [6, 6.07) is 8.13. The molecule has 2 rings (SSSR count). The summed E-state index contributed by atoms with van der Waals surface area (Å²) < 4.78 is 2.27. The molecule has 0 saturated carbocycles. The Bertz CT molecular complexity index is 448. The van der Waals surface area contributed by atoms with Crippen molar-refractivity contribution in [3.63, 3.8) is 0 Å². The second kappa shape index (κ2) is 4.04. The Hall–Kier alpha value is -0.980. The van der Waals surface area contributed by atoms with Crippen molar-refractivity contribution >= 4 is 33.3 Å². The molecule has 1 aromatic heterocycles. The third-order valence-corrected chi connectivity index (χ3v) is 3.94. The zero-order chi connectivity index (χ0) is 9.97. The quantitative estimate of drug-likeness (QED) is 0.567. The Morgan fingerprint density at radius 3 is 3.00 bits per heavy atom. The van der Waals surface area contributed by atoms with E-state index in [1.165, 1.54) is 4.70 Å². The molecule has 14 heavy (non-hydrogen) atoms. The van der Waals surface area contributed by atoms with Crippen LogP contribution in [0.1, 0.15) is 6.92 Å². The average molecular weight is 219 g/mol. The van der Waals surface area contributed by atoms with Crippen molar-refractivity contribution in [3.8, 4) is 12.3 Å². The highest BCUT2D eigenvalue weighted by atomic mass is 32.2. The Morgan fingerprint density at radius 1 is 1.50 bits per heavy atom. The largest absolute Gasteiger partial charge is 0.230 e. The lowest BCUT2D eigenvalue weighted by atomic mass is 10.3. The van der Waals surface area contributed by atoms with Crippen molar-refractivity contribution in [2.24, 2.45) is 0 Å². The number of fused-ring (bicyclic) bond motifs is 1. The number of thioether (sulfide) groups is 1. The first-order valence-corrected chi connectivity index (χ1v) is 5.97. The lowest BCUT2D eigenvalue weighted by Crippen LogP contribution is -1.87. The molecule has 0 aliphatic heterocycles. The molecule has 1 heterocycles. The predicted molar refractivity (Wildman–Crippen MR) is 63.8 cm³/mol. The van der Waals surface area contributed by atoms with Crippen LogP contribution in [0.5, 0.6) is 0 Å². The molecule has 0 N–H and O–H groups in total. The van der Waals surface area contributed by atoms with Crippen LogP contribution in [0.15, 0.2) is 28.6 Å². The average Bonchev–Trinajstić information content (AvgIpc) is 2.59. The van der Waals surface area contributed by atoms with Crippen LogP contribution in [-0.2, 0) is 0 Å². The molecule has 1 aromatic carbocycles. The Labute approximate surface area is 91.6 Å². The van der Waals surface area contributed by atoms with Gasteiger partial charge in [0.1, 0.15) is 0 Å². The lowest BCUT2D eigenvalue weighted by Gasteiger charge is -1.96. The second-order valence-corrected chi connectivity index (χ2v) is 5.49. The fourth-order valence-corrected chi connectivity index (χ4v) is 3.20. The third-order valence-electron chi connectivity index (χ3n) is 1.79. The highest BCUT2D eigenvalue weighted by Crippen LogP contribution is 2.31. The number of benzene rings is 1. The van der Waals surface area contributed by atoms with Gasteiger partial charge in [0.25, 0.3) is 0 Å². The van der Waals surface area contributed by atoms with Crippen LogP contribution < -0.4 is 0 Å². The molecule has 0 aliphatic rings. The van der Waals surface area contributed by atoms with Crippen molar-refractivity contribution in [1.29, 1.82) is 0 Å². The third kappa shape index (κ3) is 1.92. The number of hydrogen-bond donors (Lipinski definition) is 0. The van der Waals surface area contributed by atoms with Gasteiger partial charge in [0, 0.05) is 0 Å². The van der Waals surface area contributed by atoms with Crippen molar-refractivity contribution in [3.05, 3.63) is 24.3 Å². The molecule has 0 fully saturated rings. The van der Waals surface area contributed by atoms with E-state index in [1.54, 1.807) is 23.1 Å². The van der Waals surface area contributed by atoms with Gasteiger partial charge in [-0.15, -0.1) is 17.8 Å². The van der Waals surface area contributed by atoms with Gasteiger partial charge in [-0.2, -0.15) is 0 Å². The van der Waals surface area contributed by atoms with E-state index in [-0.39, 0.29) is 5.25 Å². The van der Waals surface area contributed by atoms with Gasteiger partial charge < -0.3 is 0 Å². The van der Waals surface area contributed by atoms with Crippen LogP contribution in [0.25, 0.3) is 10.2 Å². The molecular weight excluding hydrogens is 210 g/mol. The number of terminal acetylenes is 1. The standard InChI is InChI=1S/C11H9NS2/c1-3-8(2)13-11-12-9-6-4-5-7-10(9)14-11/h1,4-8H,2H3/t8-/m1/s1. The fourth-order valence-electron chi connectivity index (χ4n) is 1.09. The summed E-state index contributed by atoms with van der Waals surface area (Å²) in [5.74, 6) is 2.69. The molecule has 0 radical (unpaired) electrons. The van der Waals surface area contributed by atoms with Gasteiger partial charge in [-0.3, -0.25) is 0 Å². The number of hydrogen-bond acceptors (Lipinski definition) is 3. The molecule has 0 unspecified atom stereocenters. The first-order chi connectivity index (χ1) is 6.79. The van der Waals surface area contributed by atoms with E-state index in [0.717, 1.165) is 9.86 Å². The molecule has 1 nitrogen and oxygen atoms in total. The van der Waals surface area contributed by atoms with E-state index in [2.05, 4.69) is 17.0 Å². The summed E-state index contributed by atoms with van der Waals surface area (Å²) in [6.07, 6.45) is 5.32. The zero-order valence-electron chi connectivity index (χ0n) is 7.73. The van der Waals surface area contributed by atoms with Gasteiger partial charge in [-0.25, -0.2) is 4.98 Å². The molecule has 0 bridgehead atoms. The van der Waals surface area contributed by atoms with Crippen LogP contribution in [0.3, 0.4) is 0 Å². The Kier molecular flexibility index (Phi) is 2.76. The minimum Gasteiger partial charge on any atom is -0.230 e. The molecule has 2 aromatic rings. The molecule has 1 atom stereocenters. The van der Waals surface area contributed by atoms with E-state index in [0.29, 0.717) is 0 Å². The summed E-state index contributed by atoms with van der Waals surface area (Å²) in [5, 5.41) is 0.190. The maximum atomic E-state index is 5.32. The highest BCUT2D eigenvalue weighted by molar-refractivity contribution is 8.01. The fraction of sp³-hybridized carbons (Fsp3) is 0.182. The van der Waals surface area contributed by atoms with Crippen molar-refractivity contribution < 1.29 is 0 Å². The molecule has 3 heteroatoms. The number of aromatic nitrogens is 1. The molecule has 0 amide bonds. The SMILES string of the molecule is C#C[C@@H](C)Sc1nc2ccccc2s1. The van der Waals surface area contributed by atoms with Gasteiger partial charge >= 0.3 is 0 Å². The van der Waals surface area contributed by atoms with Crippen LogP contribution in [-0.4, -0.2) is 10.2 Å². The Morgan fingerprint density at radius 2 is 2.29 bits per heavy atom. The lowest BCUT2D eigenvalue weighted by molar-refractivity contribution is 1.25. The van der Waals surface area contributed by atoms with Gasteiger partial charge in [-0.1, -0.05) is 29.8 Å².